The number of hydrogen-bond acceptors (Lipinski definition) is 6. The van der Waals surface area contributed by atoms with Gasteiger partial charge >= 0.3 is 6.18 Å². The lowest BCUT2D eigenvalue weighted by molar-refractivity contribution is -0.146. The molecule has 0 unspecified atom stereocenters. The molecule has 0 aromatic carbocycles. The topological polar surface area (TPSA) is 73.8 Å². The first-order valence-electron chi connectivity index (χ1n) is 7.49. The Hall–Kier alpha value is -2.43. The molecule has 1 aliphatic carbocycles. The average molecular weight is 367 g/mol. The molecule has 0 bridgehead atoms. The lowest BCUT2D eigenvalue weighted by Crippen LogP contribution is -2.12. The molecule has 0 spiro atoms. The van der Waals surface area contributed by atoms with Gasteiger partial charge in [0.1, 0.15) is 10.9 Å². The van der Waals surface area contributed by atoms with E-state index in [1.54, 1.807) is 12.1 Å². The molecule has 3 aromatic rings. The largest absolute Gasteiger partial charge is 0.453 e. The van der Waals surface area contributed by atoms with Crippen LogP contribution >= 0.6 is 11.8 Å². The third-order valence-corrected chi connectivity index (χ3v) is 4.60. The normalized spacial score (nSPS) is 15.0. The summed E-state index contributed by atoms with van der Waals surface area (Å²) in [6, 6.07) is 3.02. The molecular weight excluding hydrogens is 355 g/mol. The summed E-state index contributed by atoms with van der Waals surface area (Å²) in [5, 5.41) is 19.9. The van der Waals surface area contributed by atoms with E-state index in [4.69, 9.17) is 0 Å². The van der Waals surface area contributed by atoms with Crippen LogP contribution in [0, 0.1) is 0 Å². The molecule has 1 fully saturated rings. The Labute approximate surface area is 144 Å². The molecule has 3 aromatic heterocycles. The number of hydrogen-bond donors (Lipinski definition) is 0. The predicted molar refractivity (Wildman–Crippen MR) is 82.1 cm³/mol. The van der Waals surface area contributed by atoms with Gasteiger partial charge in [-0.15, -0.1) is 27.0 Å². The lowest BCUT2D eigenvalue weighted by atomic mass is 10.4. The van der Waals surface area contributed by atoms with Gasteiger partial charge in [-0.25, -0.2) is 0 Å². The Morgan fingerprint density at radius 2 is 2.00 bits per heavy atom. The van der Waals surface area contributed by atoms with Crippen LogP contribution in [0.4, 0.5) is 13.2 Å². The van der Waals surface area contributed by atoms with Crippen molar-refractivity contribution >= 4 is 17.4 Å². The molecular formula is C14H12F3N7S. The number of aromatic nitrogens is 7. The van der Waals surface area contributed by atoms with Crippen molar-refractivity contribution in [2.24, 2.45) is 0 Å². The molecule has 11 heteroatoms. The van der Waals surface area contributed by atoms with Crippen LogP contribution in [0.1, 0.15) is 30.4 Å². The highest BCUT2D eigenvalue weighted by atomic mass is 32.2. The van der Waals surface area contributed by atoms with Crippen molar-refractivity contribution in [1.29, 1.82) is 0 Å². The Bertz CT molecular complexity index is 942. The maximum absolute atomic E-state index is 13.0. The standard InChI is InChI=1S/C14H12F3N7S/c1-2-7-23-11(8-3-4-8)19-21-13(23)25-10-6-5-9-18-20-12(14(15,16)17)24(9)22-10/h2,5-6,8H,1,3-4,7H2. The Morgan fingerprint density at radius 3 is 2.68 bits per heavy atom. The van der Waals surface area contributed by atoms with E-state index in [0.717, 1.165) is 30.4 Å². The van der Waals surface area contributed by atoms with Crippen LogP contribution in [0.3, 0.4) is 0 Å². The van der Waals surface area contributed by atoms with Gasteiger partial charge in [0.2, 0.25) is 0 Å². The third kappa shape index (κ3) is 2.99. The molecule has 0 N–H and O–H groups in total. The van der Waals surface area contributed by atoms with Crippen molar-refractivity contribution < 1.29 is 13.2 Å². The van der Waals surface area contributed by atoms with Crippen molar-refractivity contribution in [2.45, 2.75) is 41.7 Å². The fourth-order valence-corrected chi connectivity index (χ4v) is 3.22. The van der Waals surface area contributed by atoms with Crippen LogP contribution < -0.4 is 0 Å². The van der Waals surface area contributed by atoms with Gasteiger partial charge in [-0.2, -0.15) is 22.8 Å². The van der Waals surface area contributed by atoms with Crippen LogP contribution in [0.5, 0.6) is 0 Å². The number of rotatable bonds is 5. The summed E-state index contributed by atoms with van der Waals surface area (Å²) in [5.41, 5.74) is 0.0305. The number of halogens is 3. The maximum atomic E-state index is 13.0. The molecule has 0 aliphatic heterocycles. The lowest BCUT2D eigenvalue weighted by Gasteiger charge is -2.07. The molecule has 1 aliphatic rings. The van der Waals surface area contributed by atoms with E-state index in [1.165, 1.54) is 6.07 Å². The summed E-state index contributed by atoms with van der Waals surface area (Å²) < 4.78 is 41.5. The predicted octanol–water partition coefficient (Wildman–Crippen LogP) is 2.95. The van der Waals surface area contributed by atoms with E-state index in [1.807, 2.05) is 4.57 Å². The molecule has 25 heavy (non-hydrogen) atoms. The van der Waals surface area contributed by atoms with E-state index in [2.05, 4.69) is 32.1 Å². The van der Waals surface area contributed by atoms with E-state index in [9.17, 15) is 13.2 Å². The highest BCUT2D eigenvalue weighted by Gasteiger charge is 2.37. The second-order valence-electron chi connectivity index (χ2n) is 5.58. The van der Waals surface area contributed by atoms with Crippen LogP contribution in [-0.4, -0.2) is 34.6 Å². The first kappa shape index (κ1) is 16.1. The Morgan fingerprint density at radius 1 is 1.20 bits per heavy atom. The Balaban J connectivity index is 1.70. The van der Waals surface area contributed by atoms with E-state index >= 15 is 0 Å². The molecule has 0 saturated heterocycles. The summed E-state index contributed by atoms with van der Waals surface area (Å²) in [4.78, 5) is 0. The highest BCUT2D eigenvalue weighted by Crippen LogP contribution is 2.40. The molecule has 4 rings (SSSR count). The SMILES string of the molecule is C=CCn1c(Sc2ccc3nnc(C(F)(F)F)n3n2)nnc1C1CC1. The second kappa shape index (κ2) is 5.83. The smallest absolute Gasteiger partial charge is 0.302 e. The highest BCUT2D eigenvalue weighted by molar-refractivity contribution is 7.99. The van der Waals surface area contributed by atoms with Crippen LogP contribution in [0.2, 0.25) is 0 Å². The van der Waals surface area contributed by atoms with E-state index in [-0.39, 0.29) is 5.65 Å². The quantitative estimate of drug-likeness (QED) is 0.646. The van der Waals surface area contributed by atoms with Gasteiger partial charge in [0.05, 0.1) is 0 Å². The molecule has 0 atom stereocenters. The zero-order chi connectivity index (χ0) is 17.6. The van der Waals surface area contributed by atoms with Crippen LogP contribution in [-0.2, 0) is 12.7 Å². The summed E-state index contributed by atoms with van der Waals surface area (Å²) in [5.74, 6) is 0.117. The number of nitrogens with zero attached hydrogens (tertiary/aromatic N) is 7. The molecule has 130 valence electrons. The minimum Gasteiger partial charge on any atom is -0.302 e. The summed E-state index contributed by atoms with van der Waals surface area (Å²) >= 11 is 1.14. The van der Waals surface area contributed by atoms with Gasteiger partial charge in [-0.3, -0.25) is 0 Å². The van der Waals surface area contributed by atoms with Crippen molar-refractivity contribution in [3.8, 4) is 0 Å². The number of allylic oxidation sites excluding steroid dienone is 1. The van der Waals surface area contributed by atoms with Gasteiger partial charge in [0.15, 0.2) is 10.8 Å². The molecule has 1 saturated carbocycles. The monoisotopic (exact) mass is 367 g/mol. The molecule has 0 radical (unpaired) electrons. The molecule has 0 amide bonds. The van der Waals surface area contributed by atoms with Crippen molar-refractivity contribution in [3.63, 3.8) is 0 Å². The fraction of sp³-hybridized carbons (Fsp3) is 0.357. The molecule has 3 heterocycles. The first-order valence-corrected chi connectivity index (χ1v) is 8.30. The van der Waals surface area contributed by atoms with Gasteiger partial charge in [-0.1, -0.05) is 6.08 Å². The minimum atomic E-state index is -4.63. The third-order valence-electron chi connectivity index (χ3n) is 3.69. The number of alkyl halides is 3. The maximum Gasteiger partial charge on any atom is 0.453 e. The van der Waals surface area contributed by atoms with Crippen LogP contribution in [0.15, 0.2) is 35.0 Å². The molecule has 7 nitrogen and oxygen atoms in total. The van der Waals surface area contributed by atoms with Crippen molar-refractivity contribution in [2.75, 3.05) is 0 Å². The fourth-order valence-electron chi connectivity index (χ4n) is 2.42. The number of fused-ring (bicyclic) bond motifs is 1. The second-order valence-corrected chi connectivity index (χ2v) is 6.57. The summed E-state index contributed by atoms with van der Waals surface area (Å²) in [6.45, 7) is 4.26. The van der Waals surface area contributed by atoms with Crippen LogP contribution in [0.25, 0.3) is 5.65 Å². The summed E-state index contributed by atoms with van der Waals surface area (Å²) in [7, 11) is 0. The average Bonchev–Trinajstić information content (AvgIpc) is 3.18. The summed E-state index contributed by atoms with van der Waals surface area (Å²) in [6.07, 6.45) is -0.755. The van der Waals surface area contributed by atoms with Gasteiger partial charge < -0.3 is 4.57 Å². The zero-order valence-electron chi connectivity index (χ0n) is 12.8. The van der Waals surface area contributed by atoms with Gasteiger partial charge in [-0.05, 0) is 36.7 Å². The first-order chi connectivity index (χ1) is 12.0. The van der Waals surface area contributed by atoms with Crippen molar-refractivity contribution in [1.82, 2.24) is 34.6 Å². The zero-order valence-corrected chi connectivity index (χ0v) is 13.6. The van der Waals surface area contributed by atoms with Gasteiger partial charge in [0.25, 0.3) is 5.82 Å². The minimum absolute atomic E-state index is 0.0305. The van der Waals surface area contributed by atoms with E-state index in [0.29, 0.717) is 27.2 Å². The van der Waals surface area contributed by atoms with Crippen molar-refractivity contribution in [3.05, 3.63) is 36.4 Å². The van der Waals surface area contributed by atoms with Gasteiger partial charge in [0, 0.05) is 12.5 Å². The van der Waals surface area contributed by atoms with E-state index < -0.39 is 12.0 Å². The Kier molecular flexibility index (Phi) is 3.74.